The van der Waals surface area contributed by atoms with Gasteiger partial charge in [0.2, 0.25) is 6.29 Å². The van der Waals surface area contributed by atoms with Crippen molar-refractivity contribution in [3.8, 4) is 0 Å². The number of unbranched alkanes of at least 4 members (excludes halogenated alkanes) is 17. The smallest absolute Gasteiger partial charge is 0.344 e. The Morgan fingerprint density at radius 1 is 0.786 bits per heavy atom. The predicted molar refractivity (Wildman–Crippen MR) is 170 cm³/mol. The van der Waals surface area contributed by atoms with Crippen molar-refractivity contribution in [2.75, 3.05) is 19.7 Å². The molecule has 0 amide bonds. The summed E-state index contributed by atoms with van der Waals surface area (Å²) in [5.74, 6) is -0.441. The molecule has 1 aliphatic rings. The highest BCUT2D eigenvalue weighted by molar-refractivity contribution is 7.55. The zero-order valence-electron chi connectivity index (χ0n) is 26.2. The van der Waals surface area contributed by atoms with E-state index in [1.165, 1.54) is 96.3 Å². The largest absolute Gasteiger partial charge is 0.432 e. The van der Waals surface area contributed by atoms with E-state index >= 15 is 0 Å². The molecule has 2 unspecified atom stereocenters. The predicted octanol–water partition coefficient (Wildman–Crippen LogP) is 8.18. The van der Waals surface area contributed by atoms with Crippen LogP contribution in [0.2, 0.25) is 0 Å². The average molecular weight is 611 g/mol. The van der Waals surface area contributed by atoms with E-state index in [0.717, 1.165) is 24.8 Å². The van der Waals surface area contributed by atoms with Crippen LogP contribution in [0.3, 0.4) is 0 Å². The van der Waals surface area contributed by atoms with Crippen molar-refractivity contribution in [1.82, 2.24) is 10.2 Å². The minimum absolute atomic E-state index is 0.202. The van der Waals surface area contributed by atoms with E-state index in [0.29, 0.717) is 13.1 Å². The summed E-state index contributed by atoms with van der Waals surface area (Å²) < 4.78 is 29.9. The van der Waals surface area contributed by atoms with E-state index in [2.05, 4.69) is 17.1 Å². The van der Waals surface area contributed by atoms with Crippen LogP contribution >= 0.6 is 7.67 Å². The number of aliphatic hydroxyl groups excluding tert-OH is 1. The van der Waals surface area contributed by atoms with Gasteiger partial charge in [0.1, 0.15) is 6.10 Å². The number of benzene rings is 1. The van der Waals surface area contributed by atoms with Gasteiger partial charge in [0.05, 0.1) is 13.2 Å². The van der Waals surface area contributed by atoms with Crippen LogP contribution in [-0.2, 0) is 30.0 Å². The first-order chi connectivity index (χ1) is 20.6. The first kappa shape index (κ1) is 36.9. The van der Waals surface area contributed by atoms with Crippen LogP contribution in [0.5, 0.6) is 0 Å². The minimum Gasteiger partial charge on any atom is -0.432 e. The van der Waals surface area contributed by atoms with Gasteiger partial charge >= 0.3 is 13.6 Å². The first-order valence-electron chi connectivity index (χ1n) is 16.8. The number of ether oxygens (including phenoxy) is 2. The van der Waals surface area contributed by atoms with E-state index in [1.807, 2.05) is 30.3 Å². The summed E-state index contributed by atoms with van der Waals surface area (Å²) in [5, 5.41) is 15.5. The molecule has 1 aromatic carbocycles. The fourth-order valence-electron chi connectivity index (χ4n) is 5.20. The summed E-state index contributed by atoms with van der Waals surface area (Å²) in [7, 11) is -3.38. The molecular formula is C33H59N2O6P. The molecule has 8 nitrogen and oxygen atoms in total. The molecule has 1 aromatic rings. The number of hydrogen-bond donors (Lipinski definition) is 3. The Bertz CT molecular complexity index is 833. The summed E-state index contributed by atoms with van der Waals surface area (Å²) in [6.45, 7) is 2.99. The van der Waals surface area contributed by atoms with Crippen LogP contribution < -0.4 is 10.2 Å². The van der Waals surface area contributed by atoms with Gasteiger partial charge in [-0.05, 0) is 12.0 Å². The van der Waals surface area contributed by atoms with Crippen LogP contribution in [0.15, 0.2) is 30.3 Å². The summed E-state index contributed by atoms with van der Waals surface area (Å²) >= 11 is 0. The van der Waals surface area contributed by atoms with Crippen molar-refractivity contribution < 1.29 is 28.5 Å². The molecule has 1 saturated heterocycles. The van der Waals surface area contributed by atoms with Gasteiger partial charge in [0.25, 0.3) is 0 Å². The van der Waals surface area contributed by atoms with E-state index < -0.39 is 32.6 Å². The molecule has 0 aromatic heterocycles. The van der Waals surface area contributed by atoms with E-state index in [9.17, 15) is 14.5 Å². The maximum absolute atomic E-state index is 12.9. The van der Waals surface area contributed by atoms with Crippen LogP contribution in [0.4, 0.5) is 0 Å². The molecule has 242 valence electrons. The molecule has 1 aliphatic heterocycles. The van der Waals surface area contributed by atoms with E-state index in [-0.39, 0.29) is 13.0 Å². The van der Waals surface area contributed by atoms with E-state index in [1.54, 1.807) is 0 Å². The highest BCUT2D eigenvalue weighted by Crippen LogP contribution is 2.42. The second-order valence-electron chi connectivity index (χ2n) is 11.6. The lowest BCUT2D eigenvalue weighted by Gasteiger charge is -2.28. The summed E-state index contributed by atoms with van der Waals surface area (Å²) in [5.41, 5.74) is 0.906. The molecule has 2 rings (SSSR count). The lowest BCUT2D eigenvalue weighted by atomic mass is 10.0. The second-order valence-corrected chi connectivity index (χ2v) is 13.6. The number of carbonyl (C=O) groups excluding carboxylic acids is 1. The van der Waals surface area contributed by atoms with Crippen LogP contribution in [0.1, 0.15) is 134 Å². The molecule has 0 saturated carbocycles. The Kier molecular flexibility index (Phi) is 21.2. The second kappa shape index (κ2) is 24.1. The van der Waals surface area contributed by atoms with Crippen molar-refractivity contribution in [3.05, 3.63) is 35.9 Å². The van der Waals surface area contributed by atoms with E-state index in [4.69, 9.17) is 14.0 Å². The standard InChI is InChI=1S/C33H59N2O6P/c1-2-3-4-5-6-7-8-9-10-11-12-13-14-15-16-17-18-22-25-32(37)40-33(41-42(38)34-26-27-35-42)31(28-36)39-29-30-23-20-19-21-24-30/h19-21,23-24,31,33,36H,2-18,22,25-29H2,1H3,(H2,34,35,38). The molecule has 1 fully saturated rings. The average Bonchev–Trinajstić information content (AvgIpc) is 3.43. The topological polar surface area (TPSA) is 106 Å². The van der Waals surface area contributed by atoms with Crippen molar-refractivity contribution in [3.63, 3.8) is 0 Å². The van der Waals surface area contributed by atoms with Crippen LogP contribution in [-0.4, -0.2) is 43.2 Å². The third kappa shape index (κ3) is 17.7. The maximum Gasteiger partial charge on any atom is 0.344 e. The third-order valence-corrected chi connectivity index (χ3v) is 9.57. The number of nitrogens with one attached hydrogen (secondary N) is 2. The Morgan fingerprint density at radius 2 is 1.26 bits per heavy atom. The first-order valence-corrected chi connectivity index (χ1v) is 18.4. The summed E-state index contributed by atoms with van der Waals surface area (Å²) in [6.07, 6.45) is 21.2. The molecule has 9 heteroatoms. The Hall–Kier alpha value is -1.28. The fraction of sp³-hybridized carbons (Fsp3) is 0.788. The van der Waals surface area contributed by atoms with Gasteiger partial charge in [0, 0.05) is 19.5 Å². The molecule has 42 heavy (non-hydrogen) atoms. The Morgan fingerprint density at radius 3 is 1.74 bits per heavy atom. The highest BCUT2D eigenvalue weighted by atomic mass is 31.2. The fourth-order valence-corrected chi connectivity index (χ4v) is 6.75. The number of aliphatic hydroxyl groups is 1. The third-order valence-electron chi connectivity index (χ3n) is 7.79. The number of esters is 1. The van der Waals surface area contributed by atoms with Gasteiger partial charge in [-0.2, -0.15) is 0 Å². The van der Waals surface area contributed by atoms with Crippen LogP contribution in [0.25, 0.3) is 0 Å². The molecule has 1 heterocycles. The lowest BCUT2D eigenvalue weighted by molar-refractivity contribution is -0.193. The van der Waals surface area contributed by atoms with Gasteiger partial charge < -0.3 is 14.6 Å². The van der Waals surface area contributed by atoms with Crippen molar-refractivity contribution >= 4 is 13.6 Å². The summed E-state index contributed by atoms with van der Waals surface area (Å²) in [4.78, 5) is 12.6. The lowest BCUT2D eigenvalue weighted by Crippen LogP contribution is -2.39. The number of rotatable bonds is 27. The molecule has 0 bridgehead atoms. The van der Waals surface area contributed by atoms with Gasteiger partial charge in [-0.15, -0.1) is 0 Å². The normalized spacial score (nSPS) is 16.0. The zero-order chi connectivity index (χ0) is 30.1. The molecule has 0 aliphatic carbocycles. The van der Waals surface area contributed by atoms with Gasteiger partial charge in [-0.1, -0.05) is 146 Å². The number of hydrogen-bond acceptors (Lipinski definition) is 6. The molecule has 0 radical (unpaired) electrons. The Labute approximate surface area is 255 Å². The number of carbonyl (C=O) groups is 1. The molecule has 2 atom stereocenters. The van der Waals surface area contributed by atoms with Crippen molar-refractivity contribution in [2.45, 2.75) is 148 Å². The van der Waals surface area contributed by atoms with Crippen molar-refractivity contribution in [1.29, 1.82) is 0 Å². The van der Waals surface area contributed by atoms with Gasteiger partial charge in [-0.3, -0.25) is 13.9 Å². The quantitative estimate of drug-likeness (QED) is 0.0396. The molecule has 3 N–H and O–H groups in total. The monoisotopic (exact) mass is 610 g/mol. The maximum atomic E-state index is 12.9. The highest BCUT2D eigenvalue weighted by Gasteiger charge is 2.37. The van der Waals surface area contributed by atoms with Gasteiger partial charge in [0.15, 0.2) is 0 Å². The molecular weight excluding hydrogens is 551 g/mol. The Balaban J connectivity index is 1.53. The SMILES string of the molecule is CCCCCCCCCCCCCCCCCCCCC(=O)OC(OP1(=O)NCCN1)C(CO)OCc1ccccc1. The molecule has 0 spiro atoms. The zero-order valence-corrected chi connectivity index (χ0v) is 27.1. The summed E-state index contributed by atoms with van der Waals surface area (Å²) in [6, 6.07) is 9.49. The van der Waals surface area contributed by atoms with Gasteiger partial charge in [-0.25, -0.2) is 10.2 Å². The minimum atomic E-state index is -3.38. The van der Waals surface area contributed by atoms with Crippen LogP contribution in [0, 0.1) is 0 Å². The van der Waals surface area contributed by atoms with Crippen molar-refractivity contribution in [2.24, 2.45) is 0 Å².